The molecule has 0 aliphatic heterocycles. The predicted molar refractivity (Wildman–Crippen MR) is 98.1 cm³/mol. The van der Waals surface area contributed by atoms with E-state index in [0.29, 0.717) is 0 Å². The van der Waals surface area contributed by atoms with Gasteiger partial charge < -0.3 is 12.8 Å². The number of hydrogen-bond acceptors (Lipinski definition) is 0. The SMILES string of the molecule is [CH-]1CCCCC1.[CH-]1CCCCC1.[Cl][Ru]([Cl])=[CH]c1ccccc1. The van der Waals surface area contributed by atoms with E-state index in [2.05, 4.69) is 12.8 Å². The summed E-state index contributed by atoms with van der Waals surface area (Å²) in [6.45, 7) is 0. The molecule has 0 nitrogen and oxygen atoms in total. The number of benzene rings is 1. The first kappa shape index (κ1) is 20.3. The Labute approximate surface area is 150 Å². The molecule has 0 heterocycles. The third-order valence-electron chi connectivity index (χ3n) is 3.63. The normalized spacial score (nSPS) is 18.0. The van der Waals surface area contributed by atoms with Gasteiger partial charge in [-0.3, -0.25) is 0 Å². The van der Waals surface area contributed by atoms with Crippen LogP contribution < -0.4 is 0 Å². The van der Waals surface area contributed by atoms with Gasteiger partial charge in [-0.05, 0) is 0 Å². The zero-order chi connectivity index (χ0) is 15.9. The summed E-state index contributed by atoms with van der Waals surface area (Å²) in [5.74, 6) is 0. The average Bonchev–Trinajstić information content (AvgIpc) is 2.59. The second-order valence-corrected chi connectivity index (χ2v) is 11.3. The molecule has 0 saturated heterocycles. The maximum absolute atomic E-state index is 5.67. The number of hydrogen-bond donors (Lipinski definition) is 0. The molecule has 2 aliphatic carbocycles. The van der Waals surface area contributed by atoms with E-state index in [0.717, 1.165) is 5.56 Å². The molecule has 3 rings (SSSR count). The van der Waals surface area contributed by atoms with Crippen LogP contribution in [-0.4, -0.2) is 4.61 Å². The van der Waals surface area contributed by atoms with Crippen LogP contribution in [0.5, 0.6) is 0 Å². The molecule has 128 valence electrons. The minimum atomic E-state index is -1.61. The van der Waals surface area contributed by atoms with Crippen molar-refractivity contribution >= 4 is 24.0 Å². The van der Waals surface area contributed by atoms with Crippen molar-refractivity contribution in [2.75, 3.05) is 0 Å². The Balaban J connectivity index is 0.000000174. The van der Waals surface area contributed by atoms with Crippen molar-refractivity contribution < 1.29 is 13.5 Å². The van der Waals surface area contributed by atoms with Crippen LogP contribution in [-0.2, 0) is 13.5 Å². The van der Waals surface area contributed by atoms with Crippen LogP contribution in [0.1, 0.15) is 69.8 Å². The van der Waals surface area contributed by atoms with E-state index in [-0.39, 0.29) is 0 Å². The average molecular weight is 428 g/mol. The van der Waals surface area contributed by atoms with Gasteiger partial charge in [0.05, 0.1) is 0 Å². The molecule has 3 heteroatoms. The van der Waals surface area contributed by atoms with E-state index in [9.17, 15) is 0 Å². The van der Waals surface area contributed by atoms with Gasteiger partial charge in [0.1, 0.15) is 0 Å². The Morgan fingerprint density at radius 1 is 0.727 bits per heavy atom. The van der Waals surface area contributed by atoms with Crippen LogP contribution in [0.4, 0.5) is 0 Å². The van der Waals surface area contributed by atoms with E-state index < -0.39 is 13.5 Å². The first-order chi connectivity index (χ1) is 10.8. The van der Waals surface area contributed by atoms with Gasteiger partial charge >= 0.3 is 73.4 Å². The summed E-state index contributed by atoms with van der Waals surface area (Å²) in [6, 6.07) is 9.89. The monoisotopic (exact) mass is 428 g/mol. The van der Waals surface area contributed by atoms with Crippen molar-refractivity contribution in [3.63, 3.8) is 0 Å². The standard InChI is InChI=1S/C7H6.2C6H11.2ClH.Ru/c1-7-5-3-2-4-6-7;2*1-2-4-6-5-3-1;;;/h1-6H;2*1H,2-6H2;2*1H;/q;2*-1;;;+2/p-2. The van der Waals surface area contributed by atoms with E-state index in [1.807, 2.05) is 34.9 Å². The molecule has 1 aromatic rings. The molecule has 0 N–H and O–H groups in total. The third-order valence-corrected chi connectivity index (χ3v) is 5.50. The van der Waals surface area contributed by atoms with Crippen molar-refractivity contribution in [2.24, 2.45) is 0 Å². The van der Waals surface area contributed by atoms with Gasteiger partial charge in [-0.2, -0.15) is 25.7 Å². The van der Waals surface area contributed by atoms with Crippen molar-refractivity contribution in [3.05, 3.63) is 48.7 Å². The summed E-state index contributed by atoms with van der Waals surface area (Å²) in [6.07, 6.45) is 19.0. The first-order valence-electron chi connectivity index (χ1n) is 8.30. The van der Waals surface area contributed by atoms with Crippen LogP contribution in [0.3, 0.4) is 0 Å². The Morgan fingerprint density at radius 3 is 1.45 bits per heavy atom. The predicted octanol–water partition coefficient (Wildman–Crippen LogP) is 7.07. The van der Waals surface area contributed by atoms with Crippen LogP contribution in [0, 0.1) is 12.8 Å². The molecule has 0 amide bonds. The van der Waals surface area contributed by atoms with E-state index >= 15 is 0 Å². The van der Waals surface area contributed by atoms with Gasteiger partial charge in [0.25, 0.3) is 0 Å². The molecule has 2 saturated carbocycles. The molecule has 0 aromatic heterocycles. The zero-order valence-electron chi connectivity index (χ0n) is 13.3. The van der Waals surface area contributed by atoms with Gasteiger partial charge in [-0.1, -0.05) is 38.5 Å². The van der Waals surface area contributed by atoms with E-state index in [4.69, 9.17) is 19.4 Å². The fourth-order valence-electron chi connectivity index (χ4n) is 2.41. The fraction of sp³-hybridized carbons (Fsp3) is 0.526. The van der Waals surface area contributed by atoms with Gasteiger partial charge in [0, 0.05) is 0 Å². The maximum atomic E-state index is 5.67. The Bertz CT molecular complexity index is 343. The van der Waals surface area contributed by atoms with Crippen LogP contribution >= 0.6 is 19.4 Å². The van der Waals surface area contributed by atoms with Crippen molar-refractivity contribution in [3.8, 4) is 0 Å². The second kappa shape index (κ2) is 14.9. The summed E-state index contributed by atoms with van der Waals surface area (Å²) < 4.78 is 1.92. The van der Waals surface area contributed by atoms with Crippen molar-refractivity contribution in [2.45, 2.75) is 64.2 Å². The Kier molecular flexibility index (Phi) is 13.7. The Morgan fingerprint density at radius 2 is 1.18 bits per heavy atom. The summed E-state index contributed by atoms with van der Waals surface area (Å²) in [7, 11) is 11.3. The molecule has 0 atom stereocenters. The quantitative estimate of drug-likeness (QED) is 0.331. The number of rotatable bonds is 1. The minimum absolute atomic E-state index is 1.12. The molecule has 0 spiro atoms. The van der Waals surface area contributed by atoms with E-state index in [1.54, 1.807) is 0 Å². The zero-order valence-corrected chi connectivity index (χ0v) is 16.5. The summed E-state index contributed by atoms with van der Waals surface area (Å²) >= 11 is -1.61. The topological polar surface area (TPSA) is 0 Å². The third kappa shape index (κ3) is 12.8. The van der Waals surface area contributed by atoms with Crippen LogP contribution in [0.15, 0.2) is 30.3 Å². The van der Waals surface area contributed by atoms with Gasteiger partial charge in [0.15, 0.2) is 0 Å². The number of halogens is 2. The molecule has 2 aliphatic rings. The first-order valence-corrected chi connectivity index (χ1v) is 13.8. The summed E-state index contributed by atoms with van der Waals surface area (Å²) in [5, 5.41) is 0. The molecule has 0 bridgehead atoms. The van der Waals surface area contributed by atoms with Crippen molar-refractivity contribution in [1.82, 2.24) is 0 Å². The van der Waals surface area contributed by atoms with E-state index in [1.165, 1.54) is 64.2 Å². The van der Waals surface area contributed by atoms with Gasteiger partial charge in [0.2, 0.25) is 0 Å². The second-order valence-electron chi connectivity index (χ2n) is 5.57. The summed E-state index contributed by atoms with van der Waals surface area (Å²) in [5.41, 5.74) is 1.12. The van der Waals surface area contributed by atoms with Gasteiger partial charge in [-0.25, -0.2) is 0 Å². The Hall–Kier alpha value is 0.293. The molecule has 1 aromatic carbocycles. The molecular weight excluding hydrogens is 400 g/mol. The molecular formula is C19H28Cl2Ru-2. The fourth-order valence-corrected chi connectivity index (χ4v) is 4.23. The van der Waals surface area contributed by atoms with Gasteiger partial charge in [-0.15, -0.1) is 0 Å². The molecule has 2 fully saturated rings. The molecule has 22 heavy (non-hydrogen) atoms. The van der Waals surface area contributed by atoms with Crippen molar-refractivity contribution in [1.29, 1.82) is 0 Å². The molecule has 0 radical (unpaired) electrons. The molecule has 0 unspecified atom stereocenters. The van der Waals surface area contributed by atoms with Crippen LogP contribution in [0.25, 0.3) is 0 Å². The summed E-state index contributed by atoms with van der Waals surface area (Å²) in [4.78, 5) is 0. The van der Waals surface area contributed by atoms with Crippen LogP contribution in [0.2, 0.25) is 0 Å².